The molecule has 16 heavy (non-hydrogen) atoms. The van der Waals surface area contributed by atoms with Gasteiger partial charge in [-0.3, -0.25) is 0 Å². The minimum atomic E-state index is 0.215. The fourth-order valence-corrected chi connectivity index (χ4v) is 2.51. The molecule has 2 nitrogen and oxygen atoms in total. The molecular formula is C13H24N2S. The molecule has 0 amide bonds. The van der Waals surface area contributed by atoms with Crippen molar-refractivity contribution in [2.24, 2.45) is 0 Å². The Kier molecular flexibility index (Phi) is 5.46. The van der Waals surface area contributed by atoms with E-state index in [1.54, 1.807) is 0 Å². The zero-order chi connectivity index (χ0) is 12.0. The molecule has 0 radical (unpaired) electrons. The Morgan fingerprint density at radius 3 is 2.56 bits per heavy atom. The van der Waals surface area contributed by atoms with Gasteiger partial charge in [-0.25, -0.2) is 0 Å². The van der Waals surface area contributed by atoms with Crippen molar-refractivity contribution in [3.63, 3.8) is 0 Å². The second-order valence-corrected chi connectivity index (χ2v) is 6.09. The molecule has 0 aliphatic rings. The zero-order valence-corrected chi connectivity index (χ0v) is 11.7. The van der Waals surface area contributed by atoms with Crippen molar-refractivity contribution in [3.05, 3.63) is 22.4 Å². The van der Waals surface area contributed by atoms with Gasteiger partial charge in [0.1, 0.15) is 0 Å². The van der Waals surface area contributed by atoms with E-state index >= 15 is 0 Å². The number of thiophene rings is 1. The maximum absolute atomic E-state index is 3.59. The van der Waals surface area contributed by atoms with Gasteiger partial charge in [0, 0.05) is 29.5 Å². The second kappa shape index (κ2) is 6.38. The zero-order valence-electron chi connectivity index (χ0n) is 10.8. The van der Waals surface area contributed by atoms with Crippen LogP contribution in [0.4, 0.5) is 0 Å². The molecule has 1 heterocycles. The minimum absolute atomic E-state index is 0.215. The largest absolute Gasteiger partial charge is 0.311 e. The van der Waals surface area contributed by atoms with Crippen molar-refractivity contribution >= 4 is 11.3 Å². The summed E-state index contributed by atoms with van der Waals surface area (Å²) in [5.74, 6) is 0. The van der Waals surface area contributed by atoms with Crippen LogP contribution in [0.15, 0.2) is 17.5 Å². The quantitative estimate of drug-likeness (QED) is 0.746. The van der Waals surface area contributed by atoms with Gasteiger partial charge in [-0.05, 0) is 38.6 Å². The van der Waals surface area contributed by atoms with E-state index in [1.165, 1.54) is 4.88 Å². The maximum atomic E-state index is 3.59. The van der Waals surface area contributed by atoms with Crippen LogP contribution in [0.25, 0.3) is 0 Å². The first-order chi connectivity index (χ1) is 7.53. The van der Waals surface area contributed by atoms with Gasteiger partial charge in [0.05, 0.1) is 0 Å². The smallest absolute Gasteiger partial charge is 0.0412 e. The highest BCUT2D eigenvalue weighted by molar-refractivity contribution is 7.10. The molecule has 1 aromatic heterocycles. The summed E-state index contributed by atoms with van der Waals surface area (Å²) in [5, 5.41) is 9.23. The topological polar surface area (TPSA) is 24.1 Å². The molecule has 2 N–H and O–H groups in total. The first-order valence-electron chi connectivity index (χ1n) is 6.04. The van der Waals surface area contributed by atoms with Crippen LogP contribution >= 0.6 is 11.3 Å². The Labute approximate surface area is 103 Å². The van der Waals surface area contributed by atoms with Crippen molar-refractivity contribution < 1.29 is 0 Å². The van der Waals surface area contributed by atoms with E-state index in [0.29, 0.717) is 6.04 Å². The molecule has 0 bridgehead atoms. The summed E-state index contributed by atoms with van der Waals surface area (Å²) >= 11 is 1.84. The third kappa shape index (κ3) is 5.10. The fraction of sp³-hybridized carbons (Fsp3) is 0.692. The highest BCUT2D eigenvalue weighted by atomic mass is 32.1. The van der Waals surface area contributed by atoms with Gasteiger partial charge in [-0.1, -0.05) is 13.0 Å². The fourth-order valence-electron chi connectivity index (χ4n) is 1.62. The molecule has 1 aromatic rings. The lowest BCUT2D eigenvalue weighted by molar-refractivity contribution is 0.409. The Balaban J connectivity index is 2.25. The van der Waals surface area contributed by atoms with Gasteiger partial charge in [0.15, 0.2) is 0 Å². The first-order valence-corrected chi connectivity index (χ1v) is 6.92. The Morgan fingerprint density at radius 2 is 2.06 bits per heavy atom. The van der Waals surface area contributed by atoms with Crippen LogP contribution in [0.1, 0.15) is 45.0 Å². The van der Waals surface area contributed by atoms with Crippen molar-refractivity contribution in [2.45, 2.75) is 45.7 Å². The van der Waals surface area contributed by atoms with E-state index in [9.17, 15) is 0 Å². The normalized spacial score (nSPS) is 14.0. The maximum Gasteiger partial charge on any atom is 0.0412 e. The molecule has 0 saturated heterocycles. The summed E-state index contributed by atoms with van der Waals surface area (Å²) in [6, 6.07) is 4.85. The van der Waals surface area contributed by atoms with Crippen molar-refractivity contribution in [3.8, 4) is 0 Å². The summed E-state index contributed by atoms with van der Waals surface area (Å²) in [6.07, 6.45) is 1.15. The van der Waals surface area contributed by atoms with Gasteiger partial charge in [0.25, 0.3) is 0 Å². The van der Waals surface area contributed by atoms with Crippen molar-refractivity contribution in [1.29, 1.82) is 0 Å². The molecule has 1 rings (SSSR count). The van der Waals surface area contributed by atoms with E-state index in [2.05, 4.69) is 55.8 Å². The summed E-state index contributed by atoms with van der Waals surface area (Å²) < 4.78 is 0. The van der Waals surface area contributed by atoms with Crippen LogP contribution in [0.5, 0.6) is 0 Å². The highest BCUT2D eigenvalue weighted by Gasteiger charge is 2.10. The van der Waals surface area contributed by atoms with E-state index in [0.717, 1.165) is 19.5 Å². The van der Waals surface area contributed by atoms with E-state index in [4.69, 9.17) is 0 Å². The summed E-state index contributed by atoms with van der Waals surface area (Å²) in [5.41, 5.74) is 0.215. The van der Waals surface area contributed by atoms with Gasteiger partial charge in [0.2, 0.25) is 0 Å². The summed E-state index contributed by atoms with van der Waals surface area (Å²) in [4.78, 5) is 1.44. The first kappa shape index (κ1) is 13.7. The Bertz CT molecular complexity index is 275. The van der Waals surface area contributed by atoms with Gasteiger partial charge >= 0.3 is 0 Å². The van der Waals surface area contributed by atoms with E-state index < -0.39 is 0 Å². The van der Waals surface area contributed by atoms with Crippen LogP contribution in [0.2, 0.25) is 0 Å². The molecule has 0 fully saturated rings. The van der Waals surface area contributed by atoms with Crippen LogP contribution < -0.4 is 10.6 Å². The van der Waals surface area contributed by atoms with Crippen molar-refractivity contribution in [1.82, 2.24) is 10.6 Å². The lowest BCUT2D eigenvalue weighted by Gasteiger charge is -2.22. The number of rotatable bonds is 6. The average molecular weight is 240 g/mol. The monoisotopic (exact) mass is 240 g/mol. The van der Waals surface area contributed by atoms with Crippen LogP contribution in [0.3, 0.4) is 0 Å². The highest BCUT2D eigenvalue weighted by Crippen LogP contribution is 2.21. The molecule has 0 aliphatic carbocycles. The summed E-state index contributed by atoms with van der Waals surface area (Å²) in [6.45, 7) is 10.9. The van der Waals surface area contributed by atoms with Gasteiger partial charge < -0.3 is 10.6 Å². The SMILES string of the molecule is CCC(NCCNC(C)(C)C)c1cccs1. The molecule has 3 heteroatoms. The van der Waals surface area contributed by atoms with E-state index in [1.807, 2.05) is 11.3 Å². The molecule has 1 atom stereocenters. The third-order valence-electron chi connectivity index (χ3n) is 2.47. The van der Waals surface area contributed by atoms with Crippen LogP contribution in [0, 0.1) is 0 Å². The predicted octanol–water partition coefficient (Wildman–Crippen LogP) is 3.18. The lowest BCUT2D eigenvalue weighted by Crippen LogP contribution is -2.40. The Hall–Kier alpha value is -0.380. The molecule has 0 spiro atoms. The van der Waals surface area contributed by atoms with Gasteiger partial charge in [-0.15, -0.1) is 11.3 Å². The molecule has 0 saturated carbocycles. The number of hydrogen-bond donors (Lipinski definition) is 2. The molecular weight excluding hydrogens is 216 g/mol. The molecule has 0 aromatic carbocycles. The minimum Gasteiger partial charge on any atom is -0.311 e. The van der Waals surface area contributed by atoms with Crippen LogP contribution in [-0.2, 0) is 0 Å². The molecule has 0 aliphatic heterocycles. The molecule has 1 unspecified atom stereocenters. The average Bonchev–Trinajstić information content (AvgIpc) is 2.69. The standard InChI is InChI=1S/C13H24N2S/c1-5-11(12-7-6-10-16-12)14-8-9-15-13(2,3)4/h6-7,10-11,14-15H,5,8-9H2,1-4H3. The van der Waals surface area contributed by atoms with Crippen molar-refractivity contribution in [2.75, 3.05) is 13.1 Å². The lowest BCUT2D eigenvalue weighted by atomic mass is 10.1. The van der Waals surface area contributed by atoms with E-state index in [-0.39, 0.29) is 5.54 Å². The second-order valence-electron chi connectivity index (χ2n) is 5.11. The number of hydrogen-bond acceptors (Lipinski definition) is 3. The van der Waals surface area contributed by atoms with Crippen LogP contribution in [-0.4, -0.2) is 18.6 Å². The predicted molar refractivity (Wildman–Crippen MR) is 73.1 cm³/mol. The Morgan fingerprint density at radius 1 is 1.31 bits per heavy atom. The van der Waals surface area contributed by atoms with Gasteiger partial charge in [-0.2, -0.15) is 0 Å². The summed E-state index contributed by atoms with van der Waals surface area (Å²) in [7, 11) is 0. The number of nitrogens with one attached hydrogen (secondary N) is 2. The third-order valence-corrected chi connectivity index (χ3v) is 3.45. The molecule has 92 valence electrons.